The molecule has 0 saturated carbocycles. The molecule has 1 heterocycles. The topological polar surface area (TPSA) is 18.5 Å². The predicted molar refractivity (Wildman–Crippen MR) is 177 cm³/mol. The van der Waals surface area contributed by atoms with Crippen LogP contribution in [0.3, 0.4) is 0 Å². The molecule has 0 amide bonds. The van der Waals surface area contributed by atoms with Gasteiger partial charge in [0.05, 0.1) is 0 Å². The fourth-order valence-corrected chi connectivity index (χ4v) is 17.8. The van der Waals surface area contributed by atoms with Gasteiger partial charge in [-0.1, -0.05) is 0 Å². The SMILES string of the molecule is CCCC(C)(C)[Si](C)(C)OC1=C2CCC3=C(O[Si](C)(C)C(C)(C)CCC)C4=C(CCCC4)[C@@H]3[Zr+2][C@@H]2C2=C1CCCC2.[Cl-].[Cl-]. The molecule has 0 spiro atoms. The summed E-state index contributed by atoms with van der Waals surface area (Å²) in [6.45, 7) is 24.7. The first kappa shape index (κ1) is 37.9. The van der Waals surface area contributed by atoms with Gasteiger partial charge in [-0.05, 0) is 0 Å². The van der Waals surface area contributed by atoms with Crippen LogP contribution in [0.4, 0.5) is 0 Å². The molecule has 43 heavy (non-hydrogen) atoms. The van der Waals surface area contributed by atoms with Gasteiger partial charge in [0.2, 0.25) is 0 Å². The molecule has 2 atom stereocenters. The van der Waals surface area contributed by atoms with Gasteiger partial charge >= 0.3 is 269 Å². The van der Waals surface area contributed by atoms with Crippen LogP contribution in [0.15, 0.2) is 45.0 Å². The molecule has 1 saturated heterocycles. The first-order chi connectivity index (χ1) is 19.2. The molecule has 0 aromatic carbocycles. The van der Waals surface area contributed by atoms with E-state index in [1.807, 2.05) is 11.1 Å². The summed E-state index contributed by atoms with van der Waals surface area (Å²) in [5.41, 5.74) is 10.6. The van der Waals surface area contributed by atoms with E-state index in [0.29, 0.717) is 0 Å². The van der Waals surface area contributed by atoms with E-state index in [9.17, 15) is 0 Å². The minimum Gasteiger partial charge on any atom is -1.00 e. The molecule has 0 aromatic heterocycles. The smallest absolute Gasteiger partial charge is 1.00 e. The van der Waals surface area contributed by atoms with Gasteiger partial charge in [-0.2, -0.15) is 0 Å². The minimum atomic E-state index is -1.93. The third-order valence-corrected chi connectivity index (χ3v) is 25.8. The Morgan fingerprint density at radius 3 is 1.28 bits per heavy atom. The zero-order valence-corrected chi connectivity index (χ0v) is 35.1. The summed E-state index contributed by atoms with van der Waals surface area (Å²) in [5, 5.41) is 0.577. The molecular weight excluding hydrogens is 683 g/mol. The van der Waals surface area contributed by atoms with Crippen LogP contribution in [0, 0.1) is 0 Å². The molecule has 0 unspecified atom stereocenters. The van der Waals surface area contributed by atoms with Crippen molar-refractivity contribution in [2.75, 3.05) is 0 Å². The fraction of sp³-hybridized carbons (Fsp3) is 0.778. The molecule has 4 aliphatic carbocycles. The quantitative estimate of drug-likeness (QED) is 0.244. The van der Waals surface area contributed by atoms with Crippen molar-refractivity contribution in [2.45, 2.75) is 175 Å². The van der Waals surface area contributed by atoms with E-state index in [2.05, 4.69) is 67.7 Å². The van der Waals surface area contributed by atoms with Crippen molar-refractivity contribution in [3.05, 3.63) is 45.0 Å². The monoisotopic (exact) mass is 740 g/mol. The maximum absolute atomic E-state index is 7.45. The summed E-state index contributed by atoms with van der Waals surface area (Å²) in [7, 11) is -3.86. The third-order valence-electron chi connectivity index (χ3n) is 12.3. The normalized spacial score (nSPS) is 24.1. The van der Waals surface area contributed by atoms with Gasteiger partial charge < -0.3 is 24.8 Å². The van der Waals surface area contributed by atoms with E-state index in [1.165, 1.54) is 101 Å². The summed E-state index contributed by atoms with van der Waals surface area (Å²) in [5.74, 6) is 2.87. The number of rotatable bonds is 10. The number of fused-ring (bicyclic) bond motifs is 4. The molecule has 0 aromatic rings. The molecule has 5 aliphatic rings. The van der Waals surface area contributed by atoms with Crippen molar-refractivity contribution in [1.29, 1.82) is 0 Å². The van der Waals surface area contributed by atoms with Crippen molar-refractivity contribution in [3.8, 4) is 0 Å². The van der Waals surface area contributed by atoms with Crippen molar-refractivity contribution in [1.82, 2.24) is 0 Å². The van der Waals surface area contributed by atoms with Crippen LogP contribution in [-0.2, 0) is 32.1 Å². The van der Waals surface area contributed by atoms with Gasteiger partial charge in [0.1, 0.15) is 0 Å². The van der Waals surface area contributed by atoms with Crippen LogP contribution in [0.25, 0.3) is 0 Å². The van der Waals surface area contributed by atoms with Gasteiger partial charge in [-0.25, -0.2) is 0 Å². The molecule has 1 aliphatic heterocycles. The number of hydrogen-bond acceptors (Lipinski definition) is 2. The number of allylic oxidation sites excluding steroid dienone is 6. The zero-order valence-electron chi connectivity index (χ0n) is 29.1. The first-order valence-electron chi connectivity index (χ1n) is 17.3. The van der Waals surface area contributed by atoms with E-state index >= 15 is 0 Å². The predicted octanol–water partition coefficient (Wildman–Crippen LogP) is 6.33. The summed E-state index contributed by atoms with van der Waals surface area (Å²) in [4.78, 5) is 0. The Kier molecular flexibility index (Phi) is 12.6. The maximum atomic E-state index is 7.45. The summed E-state index contributed by atoms with van der Waals surface area (Å²) in [6.07, 6.45) is 18.1. The molecule has 242 valence electrons. The van der Waals surface area contributed by atoms with Gasteiger partial charge in [0, 0.05) is 0 Å². The Hall–Kier alpha value is 0.457. The van der Waals surface area contributed by atoms with Crippen molar-refractivity contribution in [3.63, 3.8) is 0 Å². The van der Waals surface area contributed by atoms with Crippen molar-refractivity contribution in [2.24, 2.45) is 0 Å². The van der Waals surface area contributed by atoms with Crippen LogP contribution >= 0.6 is 0 Å². The van der Waals surface area contributed by atoms with E-state index in [1.54, 1.807) is 22.3 Å². The molecule has 5 rings (SSSR count). The van der Waals surface area contributed by atoms with E-state index in [4.69, 9.17) is 8.85 Å². The molecule has 1 fully saturated rings. The molecular formula is C36H60Cl2O2Si2Zr. The largest absolute Gasteiger partial charge is 1.00 e. The summed E-state index contributed by atoms with van der Waals surface area (Å²) < 4.78 is 16.5. The average molecular weight is 743 g/mol. The Morgan fingerprint density at radius 1 is 0.581 bits per heavy atom. The Bertz CT molecular complexity index is 1090. The summed E-state index contributed by atoms with van der Waals surface area (Å²) >= 11 is -0.798. The van der Waals surface area contributed by atoms with E-state index < -0.39 is 39.9 Å². The zero-order chi connectivity index (χ0) is 29.8. The van der Waals surface area contributed by atoms with Crippen LogP contribution in [0.1, 0.15) is 131 Å². The molecule has 0 bridgehead atoms. The molecule has 0 radical (unpaired) electrons. The number of hydrogen-bond donors (Lipinski definition) is 0. The Morgan fingerprint density at radius 2 is 0.930 bits per heavy atom. The summed E-state index contributed by atoms with van der Waals surface area (Å²) in [6, 6.07) is 0. The van der Waals surface area contributed by atoms with E-state index in [-0.39, 0.29) is 34.9 Å². The third kappa shape index (κ3) is 7.03. The maximum Gasteiger partial charge on any atom is -1.00 e. The van der Waals surface area contributed by atoms with Gasteiger partial charge in [-0.3, -0.25) is 0 Å². The molecule has 2 nitrogen and oxygen atoms in total. The second-order valence-electron chi connectivity index (χ2n) is 16.2. The minimum absolute atomic E-state index is 0. The van der Waals surface area contributed by atoms with Crippen LogP contribution in [-0.4, -0.2) is 16.6 Å². The van der Waals surface area contributed by atoms with Crippen molar-refractivity contribution >= 4 is 16.6 Å². The van der Waals surface area contributed by atoms with Gasteiger partial charge in [-0.15, -0.1) is 0 Å². The van der Waals surface area contributed by atoms with Crippen LogP contribution in [0.5, 0.6) is 0 Å². The van der Waals surface area contributed by atoms with Crippen molar-refractivity contribution < 1.29 is 56.9 Å². The van der Waals surface area contributed by atoms with Gasteiger partial charge in [0.15, 0.2) is 0 Å². The number of halogens is 2. The van der Waals surface area contributed by atoms with Crippen LogP contribution in [0.2, 0.25) is 43.5 Å². The average Bonchev–Trinajstić information content (AvgIpc) is 3.24. The second kappa shape index (κ2) is 14.3. The van der Waals surface area contributed by atoms with Crippen LogP contribution < -0.4 is 24.8 Å². The Labute approximate surface area is 291 Å². The Balaban J connectivity index is 0.00000253. The second-order valence-corrected chi connectivity index (χ2v) is 29.0. The fourth-order valence-electron chi connectivity index (χ4n) is 8.33. The molecule has 0 N–H and O–H groups in total. The standard InChI is InChI=1S/C36H60O2Si2.2ClH.Zr/c1-11-23-35(3,4)39(7,8)37-33-29(25-27-17-13-15-19-31(27)33)21-22-30-26-28-18-14-16-20-32(28)34(30)38-40(9,10)36(5,6)24-12-2;;;/h25-26H,11-24H2,1-10H3;2*1H;/q;;;+2/p-2. The first-order valence-corrected chi connectivity index (χ1v) is 25.9. The van der Waals surface area contributed by atoms with E-state index in [0.717, 1.165) is 7.25 Å². The van der Waals surface area contributed by atoms with Gasteiger partial charge in [0.25, 0.3) is 0 Å². The molecule has 7 heteroatoms.